The topological polar surface area (TPSA) is 99.5 Å². The number of urea groups is 1. The fourth-order valence-corrected chi connectivity index (χ4v) is 5.88. The van der Waals surface area contributed by atoms with Crippen LogP contribution in [0.5, 0.6) is 0 Å². The average molecular weight is 442 g/mol. The fourth-order valence-electron chi connectivity index (χ4n) is 5.88. The molecule has 7 nitrogen and oxygen atoms in total. The van der Waals surface area contributed by atoms with E-state index in [-0.39, 0.29) is 11.9 Å². The highest BCUT2D eigenvalue weighted by Crippen LogP contribution is 2.53. The number of hydrogen-bond donors (Lipinski definition) is 4. The van der Waals surface area contributed by atoms with E-state index in [1.54, 1.807) is 11.1 Å². The molecule has 4 rings (SSSR count). The number of fused-ring (bicyclic) bond motifs is 5. The number of carbonyl (C=O) groups excluding carboxylic acids is 2. The molecule has 0 spiro atoms. The largest absolute Gasteiger partial charge is 0.370 e. The fraction of sp³-hybridized carbons (Fsp3) is 0.680. The maximum absolute atomic E-state index is 12.1. The summed E-state index contributed by atoms with van der Waals surface area (Å²) < 4.78 is 0. The average Bonchev–Trinajstić information content (AvgIpc) is 3.34. The van der Waals surface area contributed by atoms with Crippen LogP contribution in [0.2, 0.25) is 0 Å². The summed E-state index contributed by atoms with van der Waals surface area (Å²) in [5, 5.41) is 9.23. The lowest BCUT2D eigenvalue weighted by Gasteiger charge is -2.31. The van der Waals surface area contributed by atoms with Crippen molar-refractivity contribution in [3.8, 4) is 0 Å². The molecule has 5 N–H and O–H groups in total. The van der Waals surface area contributed by atoms with Crippen molar-refractivity contribution in [2.75, 3.05) is 26.2 Å². The van der Waals surface area contributed by atoms with Gasteiger partial charge in [-0.2, -0.15) is 0 Å². The first-order valence-electron chi connectivity index (χ1n) is 12.5. The summed E-state index contributed by atoms with van der Waals surface area (Å²) in [5.41, 5.74) is 8.25. The Labute approximate surface area is 191 Å². The van der Waals surface area contributed by atoms with E-state index >= 15 is 0 Å². The molecule has 2 aliphatic heterocycles. The van der Waals surface area contributed by atoms with Crippen LogP contribution < -0.4 is 21.7 Å². The molecule has 176 valence electrons. The number of primary amides is 1. The van der Waals surface area contributed by atoms with Gasteiger partial charge in [0.1, 0.15) is 0 Å². The molecule has 7 heteroatoms. The zero-order valence-electron chi connectivity index (χ0n) is 19.2. The Hall–Kier alpha value is -2.12. The maximum Gasteiger partial charge on any atom is 0.315 e. The molecule has 1 aromatic carbocycles. The first-order valence-corrected chi connectivity index (χ1v) is 12.5. The third-order valence-electron chi connectivity index (χ3n) is 7.57. The predicted molar refractivity (Wildman–Crippen MR) is 126 cm³/mol. The van der Waals surface area contributed by atoms with Gasteiger partial charge in [-0.25, -0.2) is 4.79 Å². The summed E-state index contributed by atoms with van der Waals surface area (Å²) in [6.45, 7) is 3.20. The Morgan fingerprint density at radius 3 is 2.28 bits per heavy atom. The van der Waals surface area contributed by atoms with Crippen molar-refractivity contribution in [3.63, 3.8) is 0 Å². The minimum Gasteiger partial charge on any atom is -0.370 e. The molecule has 0 unspecified atom stereocenters. The van der Waals surface area contributed by atoms with E-state index in [9.17, 15) is 9.59 Å². The Balaban J connectivity index is 1.07. The highest BCUT2D eigenvalue weighted by Gasteiger charge is 2.43. The molecule has 1 aromatic rings. The van der Waals surface area contributed by atoms with Crippen LogP contribution in [0.25, 0.3) is 0 Å². The van der Waals surface area contributed by atoms with E-state index in [2.05, 4.69) is 45.1 Å². The minimum atomic E-state index is -0.293. The molecule has 2 bridgehead atoms. The van der Waals surface area contributed by atoms with Crippen LogP contribution >= 0.6 is 0 Å². The summed E-state index contributed by atoms with van der Waals surface area (Å²) in [6, 6.07) is 10.6. The lowest BCUT2D eigenvalue weighted by Crippen LogP contribution is -2.44. The molecule has 3 amide bonds. The first kappa shape index (κ1) is 23.1. The highest BCUT2D eigenvalue weighted by atomic mass is 16.2. The third-order valence-corrected chi connectivity index (χ3v) is 7.57. The zero-order valence-corrected chi connectivity index (χ0v) is 19.2. The van der Waals surface area contributed by atoms with Crippen LogP contribution in [-0.4, -0.2) is 49.1 Å². The maximum atomic E-state index is 12.1. The quantitative estimate of drug-likeness (QED) is 0.397. The Morgan fingerprint density at radius 2 is 1.62 bits per heavy atom. The van der Waals surface area contributed by atoms with Gasteiger partial charge in [0, 0.05) is 37.6 Å². The van der Waals surface area contributed by atoms with Crippen LogP contribution in [0.1, 0.15) is 81.0 Å². The Bertz CT molecular complexity index is 746. The molecule has 0 aromatic heterocycles. The lowest BCUT2D eigenvalue weighted by molar-refractivity contribution is -0.117. The van der Waals surface area contributed by atoms with Gasteiger partial charge in [0.15, 0.2) is 0 Å². The highest BCUT2D eigenvalue weighted by molar-refractivity contribution is 5.74. The summed E-state index contributed by atoms with van der Waals surface area (Å²) in [7, 11) is 0. The van der Waals surface area contributed by atoms with Crippen LogP contribution in [0.15, 0.2) is 24.3 Å². The van der Waals surface area contributed by atoms with Crippen LogP contribution in [0.4, 0.5) is 4.79 Å². The van der Waals surface area contributed by atoms with Crippen molar-refractivity contribution in [3.05, 3.63) is 35.4 Å². The van der Waals surface area contributed by atoms with E-state index in [4.69, 9.17) is 5.73 Å². The Morgan fingerprint density at radius 1 is 0.938 bits per heavy atom. The Kier molecular flexibility index (Phi) is 8.03. The van der Waals surface area contributed by atoms with Crippen molar-refractivity contribution in [1.82, 2.24) is 20.9 Å². The van der Waals surface area contributed by atoms with Gasteiger partial charge in [-0.05, 0) is 81.5 Å². The van der Waals surface area contributed by atoms with Crippen molar-refractivity contribution >= 4 is 11.9 Å². The van der Waals surface area contributed by atoms with E-state index in [1.807, 2.05) is 0 Å². The number of nitrogens with one attached hydrogen (secondary N) is 3. The molecule has 2 heterocycles. The number of rotatable bonds is 11. The van der Waals surface area contributed by atoms with Crippen molar-refractivity contribution in [2.45, 2.75) is 75.9 Å². The van der Waals surface area contributed by atoms with Gasteiger partial charge in [0.05, 0.1) is 0 Å². The SMILES string of the molecule is NC(=O)CCNCCCNC(=O)N[C@H]1CC[C@H](CCN2[C@@H]3CC[C@H]2c2ccccc23)CC1. The predicted octanol–water partition coefficient (Wildman–Crippen LogP) is 2.98. The van der Waals surface area contributed by atoms with Crippen LogP contribution in [-0.2, 0) is 4.79 Å². The molecule has 1 aliphatic carbocycles. The molecule has 3 aliphatic rings. The standard InChI is InChI=1S/C25H39N5O2/c26-24(31)12-16-27-14-3-15-28-25(32)29-19-8-6-18(7-9-19)13-17-30-22-10-11-23(30)21-5-2-1-4-20(21)22/h1-2,4-5,18-19,22-23,27H,3,6-17H2,(H2,26,31)(H2,28,29,32)/t18-,19-,22-,23+. The second-order valence-corrected chi connectivity index (χ2v) is 9.70. The number of nitrogens with two attached hydrogens (primary N) is 1. The van der Waals surface area contributed by atoms with Crippen LogP contribution in [0, 0.1) is 5.92 Å². The zero-order chi connectivity index (χ0) is 22.3. The molecule has 2 fully saturated rings. The lowest BCUT2D eigenvalue weighted by atomic mass is 9.84. The third kappa shape index (κ3) is 5.81. The van der Waals surface area contributed by atoms with Gasteiger partial charge in [-0.3, -0.25) is 9.69 Å². The second kappa shape index (κ2) is 11.1. The number of amides is 3. The molecular weight excluding hydrogens is 402 g/mol. The van der Waals surface area contributed by atoms with Gasteiger partial charge in [0.25, 0.3) is 0 Å². The number of hydrogen-bond acceptors (Lipinski definition) is 4. The first-order chi connectivity index (χ1) is 15.6. The molecule has 1 saturated carbocycles. The van der Waals surface area contributed by atoms with E-state index < -0.39 is 0 Å². The smallest absolute Gasteiger partial charge is 0.315 e. The number of carbonyl (C=O) groups is 2. The monoisotopic (exact) mass is 441 g/mol. The van der Waals surface area contributed by atoms with E-state index in [0.29, 0.717) is 37.6 Å². The summed E-state index contributed by atoms with van der Waals surface area (Å²) in [4.78, 5) is 25.6. The van der Waals surface area contributed by atoms with Gasteiger partial charge >= 0.3 is 6.03 Å². The molecular formula is C25H39N5O2. The van der Waals surface area contributed by atoms with Gasteiger partial charge < -0.3 is 21.7 Å². The van der Waals surface area contributed by atoms with Gasteiger partial charge in [-0.1, -0.05) is 24.3 Å². The number of nitrogens with zero attached hydrogens (tertiary/aromatic N) is 1. The molecule has 0 radical (unpaired) electrons. The van der Waals surface area contributed by atoms with Crippen LogP contribution in [0.3, 0.4) is 0 Å². The van der Waals surface area contributed by atoms with Gasteiger partial charge in [-0.15, -0.1) is 0 Å². The summed E-state index contributed by atoms with van der Waals surface area (Å²) >= 11 is 0. The summed E-state index contributed by atoms with van der Waals surface area (Å²) in [5.74, 6) is 0.490. The van der Waals surface area contributed by atoms with Crippen molar-refractivity contribution in [1.29, 1.82) is 0 Å². The number of benzene rings is 1. The summed E-state index contributed by atoms with van der Waals surface area (Å²) in [6.07, 6.45) is 9.69. The van der Waals surface area contributed by atoms with Gasteiger partial charge in [0.2, 0.25) is 5.91 Å². The van der Waals surface area contributed by atoms with Crippen molar-refractivity contribution in [2.24, 2.45) is 11.7 Å². The molecule has 2 atom stereocenters. The second-order valence-electron chi connectivity index (χ2n) is 9.70. The molecule has 1 saturated heterocycles. The van der Waals surface area contributed by atoms with Crippen molar-refractivity contribution < 1.29 is 9.59 Å². The normalized spacial score (nSPS) is 26.6. The van der Waals surface area contributed by atoms with E-state index in [1.165, 1.54) is 38.6 Å². The minimum absolute atomic E-state index is 0.0583. The molecule has 32 heavy (non-hydrogen) atoms. The van der Waals surface area contributed by atoms with E-state index in [0.717, 1.165) is 31.7 Å².